The van der Waals surface area contributed by atoms with Crippen LogP contribution in [0.15, 0.2) is 18.2 Å². The quantitative estimate of drug-likeness (QED) is 0.673. The molecule has 0 spiro atoms. The number of hydrogen-bond donors (Lipinski definition) is 1. The van der Waals surface area contributed by atoms with Crippen molar-refractivity contribution >= 4 is 11.4 Å². The van der Waals surface area contributed by atoms with E-state index >= 15 is 0 Å². The summed E-state index contributed by atoms with van der Waals surface area (Å²) in [6.45, 7) is 4.94. The van der Waals surface area contributed by atoms with Gasteiger partial charge < -0.3 is 10.2 Å². The number of halogens is 1. The number of hydrogen-bond acceptors (Lipinski definition) is 4. The SMILES string of the molecule is CCN1CCCC(Nc2cc(F)ccc2[N+](=O)[O-])C1. The Morgan fingerprint density at radius 1 is 1.58 bits per heavy atom. The third-order valence-electron chi connectivity index (χ3n) is 3.47. The molecule has 19 heavy (non-hydrogen) atoms. The van der Waals surface area contributed by atoms with Crippen LogP contribution in [0.3, 0.4) is 0 Å². The smallest absolute Gasteiger partial charge is 0.292 e. The second-order valence-corrected chi connectivity index (χ2v) is 4.80. The Bertz CT molecular complexity index is 467. The average molecular weight is 267 g/mol. The van der Waals surface area contributed by atoms with Gasteiger partial charge >= 0.3 is 0 Å². The number of anilines is 1. The molecular weight excluding hydrogens is 249 g/mol. The first-order valence-electron chi connectivity index (χ1n) is 6.53. The van der Waals surface area contributed by atoms with E-state index in [-0.39, 0.29) is 17.4 Å². The van der Waals surface area contributed by atoms with Gasteiger partial charge in [0.05, 0.1) is 4.92 Å². The van der Waals surface area contributed by atoms with E-state index in [4.69, 9.17) is 0 Å². The van der Waals surface area contributed by atoms with E-state index in [2.05, 4.69) is 17.1 Å². The van der Waals surface area contributed by atoms with Crippen LogP contribution in [-0.4, -0.2) is 35.5 Å². The normalized spacial score (nSPS) is 20.2. The van der Waals surface area contributed by atoms with Gasteiger partial charge in [0, 0.05) is 24.7 Å². The molecule has 0 saturated carbocycles. The summed E-state index contributed by atoms with van der Waals surface area (Å²) >= 11 is 0. The maximum Gasteiger partial charge on any atom is 0.292 e. The van der Waals surface area contributed by atoms with Crippen molar-refractivity contribution in [2.24, 2.45) is 0 Å². The molecule has 1 heterocycles. The lowest BCUT2D eigenvalue weighted by molar-refractivity contribution is -0.384. The van der Waals surface area contributed by atoms with Crippen LogP contribution in [0.1, 0.15) is 19.8 Å². The predicted molar refractivity (Wildman–Crippen MR) is 71.8 cm³/mol. The number of nitrogens with one attached hydrogen (secondary N) is 1. The molecule has 2 rings (SSSR count). The molecule has 0 radical (unpaired) electrons. The number of likely N-dealkylation sites (N-methyl/N-ethyl adjacent to an activating group) is 1. The third kappa shape index (κ3) is 3.41. The highest BCUT2D eigenvalue weighted by Gasteiger charge is 2.22. The van der Waals surface area contributed by atoms with Gasteiger partial charge in [-0.25, -0.2) is 4.39 Å². The van der Waals surface area contributed by atoms with Crippen molar-refractivity contribution in [2.75, 3.05) is 25.0 Å². The van der Waals surface area contributed by atoms with Gasteiger partial charge in [-0.1, -0.05) is 6.92 Å². The monoisotopic (exact) mass is 267 g/mol. The molecule has 1 saturated heterocycles. The molecule has 5 nitrogen and oxygen atoms in total. The Labute approximate surface area is 111 Å². The largest absolute Gasteiger partial charge is 0.375 e. The molecule has 0 aliphatic carbocycles. The fourth-order valence-electron chi connectivity index (χ4n) is 2.46. The molecule has 0 amide bonds. The molecule has 0 bridgehead atoms. The van der Waals surface area contributed by atoms with Crippen molar-refractivity contribution in [2.45, 2.75) is 25.8 Å². The van der Waals surface area contributed by atoms with E-state index < -0.39 is 10.7 Å². The number of nitrogens with zero attached hydrogens (tertiary/aromatic N) is 2. The Kier molecular flexibility index (Phi) is 4.31. The Hall–Kier alpha value is -1.69. The second kappa shape index (κ2) is 5.97. The molecule has 1 N–H and O–H groups in total. The highest BCUT2D eigenvalue weighted by atomic mass is 19.1. The van der Waals surface area contributed by atoms with Crippen LogP contribution in [0.25, 0.3) is 0 Å². The van der Waals surface area contributed by atoms with Gasteiger partial charge in [-0.15, -0.1) is 0 Å². The average Bonchev–Trinajstić information content (AvgIpc) is 2.38. The van der Waals surface area contributed by atoms with Crippen molar-refractivity contribution in [3.05, 3.63) is 34.1 Å². The predicted octanol–water partition coefficient (Wildman–Crippen LogP) is 2.63. The number of benzene rings is 1. The molecular formula is C13H18FN3O2. The molecule has 1 atom stereocenters. The molecule has 1 aliphatic heterocycles. The standard InChI is InChI=1S/C13H18FN3O2/c1-2-16-7-3-4-11(9-16)15-12-8-10(14)5-6-13(12)17(18)19/h5-6,8,11,15H,2-4,7,9H2,1H3. The van der Waals surface area contributed by atoms with Crippen molar-refractivity contribution in [1.82, 2.24) is 4.90 Å². The summed E-state index contributed by atoms with van der Waals surface area (Å²) in [4.78, 5) is 12.7. The van der Waals surface area contributed by atoms with Gasteiger partial charge in [-0.2, -0.15) is 0 Å². The Morgan fingerprint density at radius 3 is 3.05 bits per heavy atom. The molecule has 0 aromatic heterocycles. The van der Waals surface area contributed by atoms with Gasteiger partial charge in [-0.3, -0.25) is 10.1 Å². The second-order valence-electron chi connectivity index (χ2n) is 4.80. The third-order valence-corrected chi connectivity index (χ3v) is 3.47. The summed E-state index contributed by atoms with van der Waals surface area (Å²) in [7, 11) is 0. The van der Waals surface area contributed by atoms with Crippen LogP contribution >= 0.6 is 0 Å². The van der Waals surface area contributed by atoms with Crippen LogP contribution in [0.4, 0.5) is 15.8 Å². The van der Waals surface area contributed by atoms with Crippen LogP contribution in [0, 0.1) is 15.9 Å². The molecule has 1 fully saturated rings. The minimum absolute atomic E-state index is 0.0741. The zero-order chi connectivity index (χ0) is 13.8. The van der Waals surface area contributed by atoms with Crippen LogP contribution in [-0.2, 0) is 0 Å². The highest BCUT2D eigenvalue weighted by Crippen LogP contribution is 2.27. The number of nitro groups is 1. The van der Waals surface area contributed by atoms with Crippen molar-refractivity contribution in [3.8, 4) is 0 Å². The fraction of sp³-hybridized carbons (Fsp3) is 0.538. The molecule has 1 aromatic rings. The van der Waals surface area contributed by atoms with Gasteiger partial charge in [0.15, 0.2) is 0 Å². The highest BCUT2D eigenvalue weighted by molar-refractivity contribution is 5.61. The Morgan fingerprint density at radius 2 is 2.37 bits per heavy atom. The molecule has 1 aromatic carbocycles. The van der Waals surface area contributed by atoms with E-state index in [1.165, 1.54) is 12.1 Å². The van der Waals surface area contributed by atoms with Gasteiger partial charge in [0.2, 0.25) is 0 Å². The van der Waals surface area contributed by atoms with Gasteiger partial charge in [0.25, 0.3) is 5.69 Å². The van der Waals surface area contributed by atoms with Gasteiger partial charge in [-0.05, 0) is 32.0 Å². The lowest BCUT2D eigenvalue weighted by atomic mass is 10.1. The minimum Gasteiger partial charge on any atom is -0.375 e. The number of rotatable bonds is 4. The molecule has 104 valence electrons. The summed E-state index contributed by atoms with van der Waals surface area (Å²) in [6.07, 6.45) is 2.00. The molecule has 1 aliphatic rings. The summed E-state index contributed by atoms with van der Waals surface area (Å²) in [6, 6.07) is 3.65. The van der Waals surface area contributed by atoms with E-state index in [1.807, 2.05) is 0 Å². The summed E-state index contributed by atoms with van der Waals surface area (Å²) < 4.78 is 13.2. The zero-order valence-electron chi connectivity index (χ0n) is 10.9. The van der Waals surface area contributed by atoms with Crippen molar-refractivity contribution in [3.63, 3.8) is 0 Å². The maximum absolute atomic E-state index is 13.2. The van der Waals surface area contributed by atoms with E-state index in [9.17, 15) is 14.5 Å². The topological polar surface area (TPSA) is 58.4 Å². The van der Waals surface area contributed by atoms with E-state index in [0.29, 0.717) is 0 Å². The fourth-order valence-corrected chi connectivity index (χ4v) is 2.46. The minimum atomic E-state index is -0.484. The van der Waals surface area contributed by atoms with E-state index in [1.54, 1.807) is 0 Å². The van der Waals surface area contributed by atoms with Crippen LogP contribution in [0.5, 0.6) is 0 Å². The number of nitro benzene ring substituents is 1. The van der Waals surface area contributed by atoms with Crippen LogP contribution < -0.4 is 5.32 Å². The summed E-state index contributed by atoms with van der Waals surface area (Å²) in [5.41, 5.74) is 0.197. The number of likely N-dealkylation sites (tertiary alicyclic amines) is 1. The first-order valence-corrected chi connectivity index (χ1v) is 6.53. The van der Waals surface area contributed by atoms with E-state index in [0.717, 1.165) is 38.5 Å². The van der Waals surface area contributed by atoms with Crippen molar-refractivity contribution < 1.29 is 9.31 Å². The number of piperidine rings is 1. The van der Waals surface area contributed by atoms with Gasteiger partial charge in [0.1, 0.15) is 11.5 Å². The summed E-state index contributed by atoms with van der Waals surface area (Å²) in [5.74, 6) is -0.462. The lowest BCUT2D eigenvalue weighted by Crippen LogP contribution is -2.41. The van der Waals surface area contributed by atoms with Crippen molar-refractivity contribution in [1.29, 1.82) is 0 Å². The zero-order valence-corrected chi connectivity index (χ0v) is 10.9. The Balaban J connectivity index is 2.13. The van der Waals surface area contributed by atoms with Crippen LogP contribution in [0.2, 0.25) is 0 Å². The molecule has 1 unspecified atom stereocenters. The summed E-state index contributed by atoms with van der Waals surface area (Å²) in [5, 5.41) is 14.0. The maximum atomic E-state index is 13.2. The first kappa shape index (κ1) is 13.7. The lowest BCUT2D eigenvalue weighted by Gasteiger charge is -2.32. The molecule has 6 heteroatoms. The first-order chi connectivity index (χ1) is 9.10.